The summed E-state index contributed by atoms with van der Waals surface area (Å²) >= 11 is 0. The Kier molecular flexibility index (Phi) is 3.77. The van der Waals surface area contributed by atoms with E-state index >= 15 is 0 Å². The number of hydrogen-bond donors (Lipinski definition) is 1. The van der Waals surface area contributed by atoms with Gasteiger partial charge >= 0.3 is 5.97 Å². The Morgan fingerprint density at radius 1 is 1.58 bits per heavy atom. The van der Waals surface area contributed by atoms with Crippen molar-refractivity contribution >= 4 is 11.9 Å². The molecular weight excluding hydrogens is 160 g/mol. The van der Waals surface area contributed by atoms with Crippen LogP contribution in [0.4, 0.5) is 0 Å². The lowest BCUT2D eigenvalue weighted by molar-refractivity contribution is -0.143. The van der Waals surface area contributed by atoms with Gasteiger partial charge in [-0.2, -0.15) is 5.26 Å². The molecule has 0 bridgehead atoms. The summed E-state index contributed by atoms with van der Waals surface area (Å²) in [6, 6.07) is 0. The van der Waals surface area contributed by atoms with Gasteiger partial charge in [0.15, 0.2) is 6.19 Å². The monoisotopic (exact) mass is 170 g/mol. The highest BCUT2D eigenvalue weighted by Gasteiger charge is 2.18. The van der Waals surface area contributed by atoms with Gasteiger partial charge in [0.2, 0.25) is 5.91 Å². The van der Waals surface area contributed by atoms with Gasteiger partial charge in [-0.15, -0.1) is 0 Å². The number of carboxylic acids is 1. The molecule has 0 aromatic rings. The van der Waals surface area contributed by atoms with Crippen LogP contribution in [-0.2, 0) is 9.59 Å². The lowest BCUT2D eigenvalue weighted by atomic mass is 10.2. The fourth-order valence-electron chi connectivity index (χ4n) is 0.609. The fraction of sp³-hybridized carbons (Fsp3) is 0.571. The van der Waals surface area contributed by atoms with E-state index < -0.39 is 18.4 Å². The molecule has 5 heteroatoms. The van der Waals surface area contributed by atoms with Gasteiger partial charge in [0.1, 0.15) is 6.54 Å². The quantitative estimate of drug-likeness (QED) is 0.478. The molecule has 1 N–H and O–H groups in total. The Morgan fingerprint density at radius 3 is 2.33 bits per heavy atom. The maximum absolute atomic E-state index is 11.0. The third-order valence-corrected chi connectivity index (χ3v) is 1.17. The molecule has 0 radical (unpaired) electrons. The van der Waals surface area contributed by atoms with E-state index in [1.165, 1.54) is 6.19 Å². The number of rotatable bonds is 3. The van der Waals surface area contributed by atoms with Crippen LogP contribution < -0.4 is 0 Å². The van der Waals surface area contributed by atoms with Crippen molar-refractivity contribution in [3.05, 3.63) is 0 Å². The minimum Gasteiger partial charge on any atom is -0.480 e. The Bertz CT molecular complexity index is 229. The van der Waals surface area contributed by atoms with Gasteiger partial charge in [0.05, 0.1) is 0 Å². The number of carboxylic acid groups (broad SMARTS) is 1. The first-order valence-electron chi connectivity index (χ1n) is 3.42. The Labute approximate surface area is 70.2 Å². The topological polar surface area (TPSA) is 81.4 Å². The van der Waals surface area contributed by atoms with E-state index in [0.717, 1.165) is 0 Å². The van der Waals surface area contributed by atoms with E-state index in [4.69, 9.17) is 10.4 Å². The number of nitriles is 1. The summed E-state index contributed by atoms with van der Waals surface area (Å²) in [6.07, 6.45) is 1.52. The van der Waals surface area contributed by atoms with Crippen LogP contribution in [0.3, 0.4) is 0 Å². The molecule has 0 saturated carbocycles. The second kappa shape index (κ2) is 4.34. The van der Waals surface area contributed by atoms with Crippen LogP contribution >= 0.6 is 0 Å². The average Bonchev–Trinajstić information content (AvgIpc) is 1.98. The summed E-state index contributed by atoms with van der Waals surface area (Å²) < 4.78 is 0. The number of carbonyl (C=O) groups is 2. The van der Waals surface area contributed by atoms with Gasteiger partial charge in [0.25, 0.3) is 0 Å². The van der Waals surface area contributed by atoms with Crippen molar-refractivity contribution in [3.63, 3.8) is 0 Å². The molecule has 0 aromatic carbocycles. The third-order valence-electron chi connectivity index (χ3n) is 1.17. The van der Waals surface area contributed by atoms with Crippen molar-refractivity contribution in [3.8, 4) is 6.19 Å². The minimum absolute atomic E-state index is 0.357. The van der Waals surface area contributed by atoms with Crippen LogP contribution in [0.1, 0.15) is 13.8 Å². The molecule has 12 heavy (non-hydrogen) atoms. The van der Waals surface area contributed by atoms with Crippen LogP contribution in [0.2, 0.25) is 0 Å². The van der Waals surface area contributed by atoms with Crippen molar-refractivity contribution in [2.75, 3.05) is 6.54 Å². The molecule has 0 saturated heterocycles. The Hall–Kier alpha value is -1.57. The van der Waals surface area contributed by atoms with Crippen molar-refractivity contribution in [1.82, 2.24) is 4.90 Å². The van der Waals surface area contributed by atoms with Crippen LogP contribution in [0.15, 0.2) is 0 Å². The molecule has 0 aliphatic heterocycles. The van der Waals surface area contributed by atoms with Gasteiger partial charge in [0, 0.05) is 5.92 Å². The second-order valence-electron chi connectivity index (χ2n) is 2.57. The van der Waals surface area contributed by atoms with Crippen LogP contribution in [0.25, 0.3) is 0 Å². The maximum Gasteiger partial charge on any atom is 0.324 e. The van der Waals surface area contributed by atoms with E-state index in [1.807, 2.05) is 0 Å². The summed E-state index contributed by atoms with van der Waals surface area (Å²) in [7, 11) is 0. The van der Waals surface area contributed by atoms with Crippen molar-refractivity contribution in [1.29, 1.82) is 5.26 Å². The van der Waals surface area contributed by atoms with E-state index in [0.29, 0.717) is 4.90 Å². The van der Waals surface area contributed by atoms with E-state index in [9.17, 15) is 9.59 Å². The predicted molar refractivity (Wildman–Crippen MR) is 39.8 cm³/mol. The van der Waals surface area contributed by atoms with Gasteiger partial charge in [-0.05, 0) is 0 Å². The highest BCUT2D eigenvalue weighted by molar-refractivity contribution is 5.83. The molecule has 0 heterocycles. The van der Waals surface area contributed by atoms with Gasteiger partial charge in [-0.25, -0.2) is 4.90 Å². The molecule has 0 fully saturated rings. The van der Waals surface area contributed by atoms with E-state index in [-0.39, 0.29) is 5.92 Å². The SMILES string of the molecule is CC(C)C(=O)N(C#N)CC(=O)O. The van der Waals surface area contributed by atoms with Crippen LogP contribution in [-0.4, -0.2) is 28.4 Å². The normalized spacial score (nSPS) is 9.17. The first-order chi connectivity index (χ1) is 5.49. The molecule has 0 rings (SSSR count). The van der Waals surface area contributed by atoms with Crippen LogP contribution in [0, 0.1) is 17.4 Å². The number of nitrogens with zero attached hydrogens (tertiary/aromatic N) is 2. The summed E-state index contributed by atoms with van der Waals surface area (Å²) in [5.74, 6) is -2.02. The summed E-state index contributed by atoms with van der Waals surface area (Å²) in [5, 5.41) is 16.7. The Balaban J connectivity index is 4.28. The summed E-state index contributed by atoms with van der Waals surface area (Å²) in [5.41, 5.74) is 0. The number of aliphatic carboxylic acids is 1. The predicted octanol–water partition coefficient (Wildman–Crippen LogP) is 0.0367. The number of amides is 1. The minimum atomic E-state index is -1.19. The van der Waals surface area contributed by atoms with Gasteiger partial charge in [-0.3, -0.25) is 9.59 Å². The van der Waals surface area contributed by atoms with Gasteiger partial charge < -0.3 is 5.11 Å². The zero-order valence-electron chi connectivity index (χ0n) is 6.94. The molecule has 0 aliphatic carbocycles. The molecule has 0 aliphatic rings. The van der Waals surface area contributed by atoms with Crippen molar-refractivity contribution in [2.45, 2.75) is 13.8 Å². The van der Waals surface area contributed by atoms with Crippen molar-refractivity contribution in [2.24, 2.45) is 5.92 Å². The van der Waals surface area contributed by atoms with Crippen LogP contribution in [0.5, 0.6) is 0 Å². The maximum atomic E-state index is 11.0. The zero-order valence-corrected chi connectivity index (χ0v) is 6.94. The highest BCUT2D eigenvalue weighted by Crippen LogP contribution is 1.99. The van der Waals surface area contributed by atoms with Gasteiger partial charge in [-0.1, -0.05) is 13.8 Å². The second-order valence-corrected chi connectivity index (χ2v) is 2.57. The summed E-state index contributed by atoms with van der Waals surface area (Å²) in [6.45, 7) is 2.65. The number of carbonyl (C=O) groups excluding carboxylic acids is 1. The molecule has 0 atom stereocenters. The zero-order chi connectivity index (χ0) is 9.72. The first-order valence-corrected chi connectivity index (χ1v) is 3.42. The third kappa shape index (κ3) is 3.01. The lowest BCUT2D eigenvalue weighted by Gasteiger charge is -2.12. The average molecular weight is 170 g/mol. The van der Waals surface area contributed by atoms with E-state index in [2.05, 4.69) is 0 Å². The largest absolute Gasteiger partial charge is 0.480 e. The number of hydrogen-bond acceptors (Lipinski definition) is 3. The van der Waals surface area contributed by atoms with Crippen molar-refractivity contribution < 1.29 is 14.7 Å². The molecule has 0 spiro atoms. The molecular formula is C7H10N2O3. The first kappa shape index (κ1) is 10.4. The molecule has 0 unspecified atom stereocenters. The molecule has 0 aromatic heterocycles. The molecule has 1 amide bonds. The van der Waals surface area contributed by atoms with E-state index in [1.54, 1.807) is 13.8 Å². The lowest BCUT2D eigenvalue weighted by Crippen LogP contribution is -2.34. The summed E-state index contributed by atoms with van der Waals surface area (Å²) in [4.78, 5) is 21.8. The Morgan fingerprint density at radius 2 is 2.08 bits per heavy atom. The highest BCUT2D eigenvalue weighted by atomic mass is 16.4. The molecule has 66 valence electrons. The molecule has 5 nitrogen and oxygen atoms in total. The smallest absolute Gasteiger partial charge is 0.324 e. The standard InChI is InChI=1S/C7H10N2O3/c1-5(2)7(12)9(4-8)3-6(10)11/h5H,3H2,1-2H3,(H,10,11). The fourth-order valence-corrected chi connectivity index (χ4v) is 0.609.